The van der Waals surface area contributed by atoms with Crippen LogP contribution in [-0.4, -0.2) is 79.2 Å². The standard InChI is InChI=1S/C11H20N4O2S.2C2H4O2/c1-18-7-2-9(12)11(17)15(5-6-16)8-10-13-3-4-14-10;2*1-2(3)4/h3-4,9,16H,2,5-8,12H2,1H3,(H,13,14);2*1H3,(H,3,4)/t9-;;/m0../s1. The van der Waals surface area contributed by atoms with Crippen LogP contribution in [0.25, 0.3) is 0 Å². The number of hydrogen-bond donors (Lipinski definition) is 5. The van der Waals surface area contributed by atoms with Gasteiger partial charge in [0, 0.05) is 32.8 Å². The highest BCUT2D eigenvalue weighted by molar-refractivity contribution is 7.98. The van der Waals surface area contributed by atoms with E-state index < -0.39 is 18.0 Å². The fourth-order valence-electron chi connectivity index (χ4n) is 1.56. The molecule has 0 saturated heterocycles. The number of hydrogen-bond acceptors (Lipinski definition) is 7. The molecule has 0 spiro atoms. The van der Waals surface area contributed by atoms with Crippen LogP contribution in [-0.2, 0) is 20.9 Å². The Morgan fingerprint density at radius 2 is 1.85 bits per heavy atom. The van der Waals surface area contributed by atoms with Crippen molar-refractivity contribution in [2.75, 3.05) is 25.2 Å². The van der Waals surface area contributed by atoms with E-state index >= 15 is 0 Å². The van der Waals surface area contributed by atoms with Gasteiger partial charge >= 0.3 is 0 Å². The molecule has 1 aromatic heterocycles. The number of nitrogens with zero attached hydrogens (tertiary/aromatic N) is 2. The minimum Gasteiger partial charge on any atom is -0.481 e. The van der Waals surface area contributed by atoms with Crippen LogP contribution in [0.2, 0.25) is 0 Å². The number of rotatable bonds is 8. The monoisotopic (exact) mass is 392 g/mol. The van der Waals surface area contributed by atoms with Crippen molar-refractivity contribution in [3.05, 3.63) is 18.2 Å². The fraction of sp³-hybridized carbons (Fsp3) is 0.600. The molecule has 6 N–H and O–H groups in total. The summed E-state index contributed by atoms with van der Waals surface area (Å²) in [5.41, 5.74) is 5.85. The van der Waals surface area contributed by atoms with Gasteiger partial charge < -0.3 is 30.9 Å². The van der Waals surface area contributed by atoms with Crippen molar-refractivity contribution in [3.8, 4) is 0 Å². The van der Waals surface area contributed by atoms with Gasteiger partial charge in [-0.3, -0.25) is 14.4 Å². The Bertz CT molecular complexity index is 492. The Kier molecular flexibility index (Phi) is 16.4. The molecule has 0 unspecified atom stereocenters. The highest BCUT2D eigenvalue weighted by atomic mass is 32.2. The molecule has 0 aliphatic rings. The van der Waals surface area contributed by atoms with Crippen molar-refractivity contribution in [3.63, 3.8) is 0 Å². The Balaban J connectivity index is 0. The summed E-state index contributed by atoms with van der Waals surface area (Å²) in [5, 5.41) is 23.8. The zero-order valence-electron chi connectivity index (χ0n) is 15.2. The number of carbonyl (C=O) groups is 3. The first-order chi connectivity index (χ1) is 12.1. The molecule has 0 aliphatic carbocycles. The first kappa shape index (κ1) is 26.1. The molecular formula is C15H28N4O6S. The molecule has 1 atom stereocenters. The minimum absolute atomic E-state index is 0.0817. The molecule has 1 rings (SSSR count). The number of thioether (sulfide) groups is 1. The molecule has 0 bridgehead atoms. The number of carboxylic acids is 2. The van der Waals surface area contributed by atoms with E-state index in [1.54, 1.807) is 24.2 Å². The molecule has 1 heterocycles. The Hall–Kier alpha value is -2.11. The molecule has 1 aromatic rings. The third kappa shape index (κ3) is 16.7. The zero-order valence-corrected chi connectivity index (χ0v) is 16.0. The van der Waals surface area contributed by atoms with Gasteiger partial charge in [-0.1, -0.05) is 0 Å². The van der Waals surface area contributed by atoms with Gasteiger partial charge in [0.1, 0.15) is 5.82 Å². The molecule has 0 aromatic carbocycles. The highest BCUT2D eigenvalue weighted by Crippen LogP contribution is 2.05. The number of imidazole rings is 1. The molecule has 10 nitrogen and oxygen atoms in total. The van der Waals surface area contributed by atoms with Crippen molar-refractivity contribution in [1.29, 1.82) is 0 Å². The Morgan fingerprint density at radius 3 is 2.23 bits per heavy atom. The maximum Gasteiger partial charge on any atom is 0.300 e. The lowest BCUT2D eigenvalue weighted by Crippen LogP contribution is -2.45. The molecule has 150 valence electrons. The normalized spacial score (nSPS) is 10.5. The average molecular weight is 392 g/mol. The lowest BCUT2D eigenvalue weighted by atomic mass is 10.2. The van der Waals surface area contributed by atoms with Crippen LogP contribution in [0.4, 0.5) is 0 Å². The summed E-state index contributed by atoms with van der Waals surface area (Å²) >= 11 is 1.66. The second-order valence-corrected chi connectivity index (χ2v) is 5.93. The van der Waals surface area contributed by atoms with Crippen molar-refractivity contribution in [2.45, 2.75) is 32.9 Å². The molecule has 1 amide bonds. The van der Waals surface area contributed by atoms with Crippen LogP contribution >= 0.6 is 11.8 Å². The number of aromatic nitrogens is 2. The number of aliphatic carboxylic acids is 2. The average Bonchev–Trinajstić information content (AvgIpc) is 3.03. The van der Waals surface area contributed by atoms with Gasteiger partial charge in [-0.05, 0) is 18.4 Å². The van der Waals surface area contributed by atoms with E-state index in [2.05, 4.69) is 9.97 Å². The Morgan fingerprint density at radius 1 is 1.31 bits per heavy atom. The molecule has 0 fully saturated rings. The third-order valence-electron chi connectivity index (χ3n) is 2.53. The number of carboxylic acid groups (broad SMARTS) is 2. The molecule has 26 heavy (non-hydrogen) atoms. The van der Waals surface area contributed by atoms with Crippen LogP contribution in [0, 0.1) is 0 Å². The van der Waals surface area contributed by atoms with Crippen molar-refractivity contribution in [1.82, 2.24) is 14.9 Å². The van der Waals surface area contributed by atoms with E-state index in [1.165, 1.54) is 4.90 Å². The summed E-state index contributed by atoms with van der Waals surface area (Å²) in [5.74, 6) is -0.274. The molecule has 0 saturated carbocycles. The van der Waals surface area contributed by atoms with E-state index in [-0.39, 0.29) is 19.1 Å². The Labute approximate surface area is 156 Å². The summed E-state index contributed by atoms with van der Waals surface area (Å²) in [6.45, 7) is 2.70. The zero-order chi connectivity index (χ0) is 20.5. The van der Waals surface area contributed by atoms with Gasteiger partial charge in [0.15, 0.2) is 0 Å². The molecular weight excluding hydrogens is 364 g/mol. The summed E-state index contributed by atoms with van der Waals surface area (Å²) in [7, 11) is 0. The number of nitrogens with one attached hydrogen (secondary N) is 1. The largest absolute Gasteiger partial charge is 0.481 e. The molecule has 0 aliphatic heterocycles. The van der Waals surface area contributed by atoms with E-state index in [0.29, 0.717) is 18.8 Å². The molecule has 11 heteroatoms. The lowest BCUT2D eigenvalue weighted by molar-refractivity contribution is -0.135. The van der Waals surface area contributed by atoms with Gasteiger partial charge in [-0.15, -0.1) is 0 Å². The fourth-order valence-corrected chi connectivity index (χ4v) is 2.05. The number of aromatic amines is 1. The molecule has 0 radical (unpaired) electrons. The second-order valence-electron chi connectivity index (χ2n) is 4.95. The van der Waals surface area contributed by atoms with Gasteiger partial charge in [0.05, 0.1) is 19.2 Å². The highest BCUT2D eigenvalue weighted by Gasteiger charge is 2.21. The smallest absolute Gasteiger partial charge is 0.300 e. The third-order valence-corrected chi connectivity index (χ3v) is 3.17. The lowest BCUT2D eigenvalue weighted by Gasteiger charge is -2.24. The quantitative estimate of drug-likeness (QED) is 0.408. The van der Waals surface area contributed by atoms with Crippen molar-refractivity contribution in [2.24, 2.45) is 5.73 Å². The van der Waals surface area contributed by atoms with Gasteiger partial charge in [-0.25, -0.2) is 4.98 Å². The van der Waals surface area contributed by atoms with Gasteiger partial charge in [0.2, 0.25) is 5.91 Å². The van der Waals surface area contributed by atoms with E-state index in [4.69, 9.17) is 30.6 Å². The summed E-state index contributed by atoms with van der Waals surface area (Å²) in [6, 6.07) is -0.515. The minimum atomic E-state index is -0.833. The number of carbonyl (C=O) groups excluding carboxylic acids is 1. The van der Waals surface area contributed by atoms with Gasteiger partial charge in [0.25, 0.3) is 11.9 Å². The summed E-state index contributed by atoms with van der Waals surface area (Å²) in [6.07, 6.45) is 5.95. The van der Waals surface area contributed by atoms with Crippen molar-refractivity contribution >= 4 is 29.6 Å². The number of aliphatic hydroxyl groups is 1. The second kappa shape index (κ2) is 16.4. The van der Waals surface area contributed by atoms with Crippen LogP contribution in [0.15, 0.2) is 12.4 Å². The van der Waals surface area contributed by atoms with Gasteiger partial charge in [-0.2, -0.15) is 11.8 Å². The summed E-state index contributed by atoms with van der Waals surface area (Å²) < 4.78 is 0. The van der Waals surface area contributed by atoms with E-state index in [0.717, 1.165) is 19.6 Å². The maximum absolute atomic E-state index is 12.1. The van der Waals surface area contributed by atoms with Crippen LogP contribution in [0.5, 0.6) is 0 Å². The topological polar surface area (TPSA) is 170 Å². The first-order valence-corrected chi connectivity index (χ1v) is 9.06. The maximum atomic E-state index is 12.1. The number of amides is 1. The van der Waals surface area contributed by atoms with E-state index in [1.807, 2.05) is 6.26 Å². The van der Waals surface area contributed by atoms with Crippen LogP contribution in [0.3, 0.4) is 0 Å². The first-order valence-electron chi connectivity index (χ1n) is 7.67. The number of aliphatic hydroxyl groups excluding tert-OH is 1. The predicted molar refractivity (Wildman–Crippen MR) is 98.7 cm³/mol. The summed E-state index contributed by atoms with van der Waals surface area (Å²) in [4.78, 5) is 38.6. The van der Waals surface area contributed by atoms with Crippen molar-refractivity contribution < 1.29 is 29.7 Å². The van der Waals surface area contributed by atoms with Crippen LogP contribution < -0.4 is 5.73 Å². The predicted octanol–water partition coefficient (Wildman–Crippen LogP) is -0.00720. The van der Waals surface area contributed by atoms with Crippen LogP contribution in [0.1, 0.15) is 26.1 Å². The van der Waals surface area contributed by atoms with E-state index in [9.17, 15) is 4.79 Å². The SMILES string of the molecule is CC(=O)O.CC(=O)O.CSCC[C@H](N)C(=O)N(CCO)Cc1ncc[nH]1. The number of nitrogens with two attached hydrogens (primary N) is 1. The number of H-pyrrole nitrogens is 1.